The molecule has 1 heterocycles. The maximum absolute atomic E-state index is 12.6. The van der Waals surface area contributed by atoms with Crippen molar-refractivity contribution >= 4 is 5.91 Å². The third-order valence-corrected chi connectivity index (χ3v) is 3.84. The number of rotatable bonds is 3. The average Bonchev–Trinajstić information content (AvgIpc) is 2.48. The second-order valence-electron chi connectivity index (χ2n) is 5.15. The fraction of sp³-hybridized carbons (Fsp3) is 0.533. The molecule has 1 amide bonds. The lowest BCUT2D eigenvalue weighted by Gasteiger charge is -2.34. The molecule has 1 saturated heterocycles. The van der Waals surface area contributed by atoms with E-state index in [1.807, 2.05) is 6.92 Å². The van der Waals surface area contributed by atoms with Crippen LogP contribution in [0.5, 0.6) is 11.5 Å². The standard InChI is InChI=1S/C15H21NO4/c1-10-6-7-16(9-13(10)17)15(18)12-8-11(19-2)4-5-14(12)20-3/h4-5,8,10,13,17H,6-7,9H2,1-3H3. The van der Waals surface area contributed by atoms with Crippen LogP contribution in [0.1, 0.15) is 23.7 Å². The van der Waals surface area contributed by atoms with E-state index < -0.39 is 6.10 Å². The highest BCUT2D eigenvalue weighted by atomic mass is 16.5. The highest BCUT2D eigenvalue weighted by Gasteiger charge is 2.29. The second-order valence-corrected chi connectivity index (χ2v) is 5.15. The first-order chi connectivity index (χ1) is 9.56. The van der Waals surface area contributed by atoms with Crippen LogP contribution in [-0.4, -0.2) is 49.3 Å². The molecule has 0 bridgehead atoms. The van der Waals surface area contributed by atoms with Crippen LogP contribution < -0.4 is 9.47 Å². The fourth-order valence-electron chi connectivity index (χ4n) is 2.38. The van der Waals surface area contributed by atoms with Gasteiger partial charge in [-0.3, -0.25) is 4.79 Å². The third-order valence-electron chi connectivity index (χ3n) is 3.84. The summed E-state index contributed by atoms with van der Waals surface area (Å²) in [4.78, 5) is 14.2. The minimum atomic E-state index is -0.468. The molecule has 1 aliphatic heterocycles. The number of carbonyl (C=O) groups excluding carboxylic acids is 1. The number of hydrogen-bond acceptors (Lipinski definition) is 4. The number of benzene rings is 1. The van der Waals surface area contributed by atoms with Crippen molar-refractivity contribution in [1.29, 1.82) is 0 Å². The van der Waals surface area contributed by atoms with Crippen molar-refractivity contribution in [3.8, 4) is 11.5 Å². The maximum Gasteiger partial charge on any atom is 0.257 e. The highest BCUT2D eigenvalue weighted by molar-refractivity contribution is 5.97. The van der Waals surface area contributed by atoms with Gasteiger partial charge in [-0.2, -0.15) is 0 Å². The number of carbonyl (C=O) groups is 1. The number of aliphatic hydroxyl groups excluding tert-OH is 1. The zero-order valence-electron chi connectivity index (χ0n) is 12.1. The maximum atomic E-state index is 12.6. The minimum Gasteiger partial charge on any atom is -0.497 e. The normalized spacial score (nSPS) is 22.5. The summed E-state index contributed by atoms with van der Waals surface area (Å²) in [6, 6.07) is 5.14. The van der Waals surface area contributed by atoms with Gasteiger partial charge in [0.1, 0.15) is 11.5 Å². The van der Waals surface area contributed by atoms with Gasteiger partial charge in [0, 0.05) is 13.1 Å². The van der Waals surface area contributed by atoms with Crippen molar-refractivity contribution in [3.05, 3.63) is 23.8 Å². The van der Waals surface area contributed by atoms with Gasteiger partial charge in [-0.05, 0) is 30.5 Å². The van der Waals surface area contributed by atoms with Crippen LogP contribution in [-0.2, 0) is 0 Å². The molecule has 1 N–H and O–H groups in total. The Labute approximate surface area is 119 Å². The first-order valence-corrected chi connectivity index (χ1v) is 6.76. The summed E-state index contributed by atoms with van der Waals surface area (Å²) in [7, 11) is 3.09. The Hall–Kier alpha value is -1.75. The Balaban J connectivity index is 2.24. The van der Waals surface area contributed by atoms with Crippen LogP contribution in [0, 0.1) is 5.92 Å². The smallest absolute Gasteiger partial charge is 0.257 e. The van der Waals surface area contributed by atoms with E-state index in [1.54, 1.807) is 30.2 Å². The first-order valence-electron chi connectivity index (χ1n) is 6.76. The van der Waals surface area contributed by atoms with Crippen molar-refractivity contribution in [3.63, 3.8) is 0 Å². The number of amides is 1. The molecule has 0 saturated carbocycles. The van der Waals surface area contributed by atoms with Crippen molar-refractivity contribution < 1.29 is 19.4 Å². The Bertz CT molecular complexity index is 489. The Morgan fingerprint density at radius 3 is 2.70 bits per heavy atom. The van der Waals surface area contributed by atoms with Crippen LogP contribution in [0.15, 0.2) is 18.2 Å². The number of hydrogen-bond donors (Lipinski definition) is 1. The van der Waals surface area contributed by atoms with Crippen molar-refractivity contribution in [2.24, 2.45) is 5.92 Å². The monoisotopic (exact) mass is 279 g/mol. The quantitative estimate of drug-likeness (QED) is 0.912. The Morgan fingerprint density at radius 2 is 2.10 bits per heavy atom. The number of piperidine rings is 1. The van der Waals surface area contributed by atoms with E-state index in [0.29, 0.717) is 30.2 Å². The summed E-state index contributed by atoms with van der Waals surface area (Å²) in [6.45, 7) is 3.01. The molecule has 1 aromatic rings. The predicted octanol–water partition coefficient (Wildman–Crippen LogP) is 1.55. The Morgan fingerprint density at radius 1 is 1.35 bits per heavy atom. The molecule has 1 aliphatic rings. The number of aliphatic hydroxyl groups is 1. The zero-order valence-corrected chi connectivity index (χ0v) is 12.1. The number of methoxy groups -OCH3 is 2. The van der Waals surface area contributed by atoms with E-state index in [-0.39, 0.29) is 11.8 Å². The van der Waals surface area contributed by atoms with E-state index >= 15 is 0 Å². The van der Waals surface area contributed by atoms with E-state index in [0.717, 1.165) is 6.42 Å². The van der Waals surface area contributed by atoms with Crippen LogP contribution in [0.2, 0.25) is 0 Å². The van der Waals surface area contributed by atoms with Gasteiger partial charge in [-0.1, -0.05) is 6.92 Å². The van der Waals surface area contributed by atoms with Crippen molar-refractivity contribution in [1.82, 2.24) is 4.90 Å². The van der Waals surface area contributed by atoms with Crippen LogP contribution in [0.3, 0.4) is 0 Å². The SMILES string of the molecule is COc1ccc(OC)c(C(=O)N2CCC(C)C(O)C2)c1. The lowest BCUT2D eigenvalue weighted by molar-refractivity contribution is 0.0247. The van der Waals surface area contributed by atoms with Gasteiger partial charge in [-0.25, -0.2) is 0 Å². The van der Waals surface area contributed by atoms with Crippen LogP contribution in [0.4, 0.5) is 0 Å². The van der Waals surface area contributed by atoms with E-state index in [2.05, 4.69) is 0 Å². The number of β-amino-alcohol motifs (C(OH)–C–C–N with tert-alkyl or cyclic N) is 1. The van der Waals surface area contributed by atoms with Gasteiger partial charge in [0.15, 0.2) is 0 Å². The summed E-state index contributed by atoms with van der Waals surface area (Å²) in [5, 5.41) is 9.92. The molecule has 2 atom stereocenters. The third kappa shape index (κ3) is 2.88. The van der Waals surface area contributed by atoms with Gasteiger partial charge < -0.3 is 19.5 Å². The summed E-state index contributed by atoms with van der Waals surface area (Å²) in [5.74, 6) is 1.22. The van der Waals surface area contributed by atoms with Crippen molar-refractivity contribution in [2.45, 2.75) is 19.4 Å². The predicted molar refractivity (Wildman–Crippen MR) is 75.2 cm³/mol. The summed E-state index contributed by atoms with van der Waals surface area (Å²) >= 11 is 0. The molecule has 1 aromatic carbocycles. The topological polar surface area (TPSA) is 59.0 Å². The fourth-order valence-corrected chi connectivity index (χ4v) is 2.38. The van der Waals surface area contributed by atoms with Gasteiger partial charge in [0.25, 0.3) is 5.91 Å². The molecule has 2 rings (SSSR count). The highest BCUT2D eigenvalue weighted by Crippen LogP contribution is 2.27. The summed E-state index contributed by atoms with van der Waals surface area (Å²) < 4.78 is 10.4. The molecule has 5 heteroatoms. The van der Waals surface area contributed by atoms with Gasteiger partial charge in [-0.15, -0.1) is 0 Å². The molecule has 110 valence electrons. The number of likely N-dealkylation sites (tertiary alicyclic amines) is 1. The lowest BCUT2D eigenvalue weighted by atomic mass is 9.95. The summed E-state index contributed by atoms with van der Waals surface area (Å²) in [5.41, 5.74) is 0.466. The molecule has 2 unspecified atom stereocenters. The Kier molecular flexibility index (Phi) is 4.49. The van der Waals surface area contributed by atoms with E-state index in [1.165, 1.54) is 7.11 Å². The van der Waals surface area contributed by atoms with Crippen LogP contribution in [0.25, 0.3) is 0 Å². The first kappa shape index (κ1) is 14.7. The van der Waals surface area contributed by atoms with Crippen LogP contribution >= 0.6 is 0 Å². The molecule has 0 radical (unpaired) electrons. The molecule has 5 nitrogen and oxygen atoms in total. The largest absolute Gasteiger partial charge is 0.497 e. The molecule has 0 spiro atoms. The molecular formula is C15H21NO4. The number of nitrogens with zero attached hydrogens (tertiary/aromatic N) is 1. The average molecular weight is 279 g/mol. The number of ether oxygens (including phenoxy) is 2. The van der Waals surface area contributed by atoms with Gasteiger partial charge >= 0.3 is 0 Å². The molecule has 20 heavy (non-hydrogen) atoms. The molecule has 1 fully saturated rings. The van der Waals surface area contributed by atoms with Gasteiger partial charge in [0.05, 0.1) is 25.9 Å². The molecule has 0 aromatic heterocycles. The van der Waals surface area contributed by atoms with E-state index in [9.17, 15) is 9.90 Å². The van der Waals surface area contributed by atoms with Gasteiger partial charge in [0.2, 0.25) is 0 Å². The van der Waals surface area contributed by atoms with E-state index in [4.69, 9.17) is 9.47 Å². The molecular weight excluding hydrogens is 258 g/mol. The van der Waals surface area contributed by atoms with Crippen molar-refractivity contribution in [2.75, 3.05) is 27.3 Å². The lowest BCUT2D eigenvalue weighted by Crippen LogP contribution is -2.45. The zero-order chi connectivity index (χ0) is 14.7. The second kappa shape index (κ2) is 6.13. The minimum absolute atomic E-state index is 0.133. The summed E-state index contributed by atoms with van der Waals surface area (Å²) in [6.07, 6.45) is 0.337. The molecule has 0 aliphatic carbocycles.